The number of amides is 1. The van der Waals surface area contributed by atoms with E-state index in [1.807, 2.05) is 31.2 Å². The fourth-order valence-electron chi connectivity index (χ4n) is 6.24. The molecule has 4 aliphatic rings. The van der Waals surface area contributed by atoms with Crippen LogP contribution in [0.1, 0.15) is 51.9 Å². The first-order chi connectivity index (χ1) is 18.0. The van der Waals surface area contributed by atoms with Crippen LogP contribution in [0.4, 0.5) is 4.39 Å². The molecule has 6 rings (SSSR count). The predicted octanol–water partition coefficient (Wildman–Crippen LogP) is 3.94. The summed E-state index contributed by atoms with van der Waals surface area (Å²) in [5.41, 5.74) is -0.0526. The summed E-state index contributed by atoms with van der Waals surface area (Å²) in [5, 5.41) is 3.33. The van der Waals surface area contributed by atoms with Crippen LogP contribution in [0.2, 0.25) is 0 Å². The van der Waals surface area contributed by atoms with Crippen molar-refractivity contribution in [3.8, 4) is 28.8 Å². The molecule has 0 aromatic carbocycles. The molecule has 0 bridgehead atoms. The molecule has 4 fully saturated rings. The van der Waals surface area contributed by atoms with E-state index in [0.29, 0.717) is 50.0 Å². The van der Waals surface area contributed by atoms with Gasteiger partial charge in [0.2, 0.25) is 5.88 Å². The number of halogens is 1. The summed E-state index contributed by atoms with van der Waals surface area (Å²) >= 11 is 0. The minimum Gasteiger partial charge on any atom is -0.485 e. The van der Waals surface area contributed by atoms with Gasteiger partial charge in [-0.1, -0.05) is 0 Å². The number of ether oxygens (including phenoxy) is 3. The zero-order chi connectivity index (χ0) is 25.5. The summed E-state index contributed by atoms with van der Waals surface area (Å²) in [6.07, 6.45) is 6.72. The van der Waals surface area contributed by atoms with E-state index in [9.17, 15) is 9.18 Å². The van der Waals surface area contributed by atoms with Crippen molar-refractivity contribution < 1.29 is 23.4 Å². The number of nitrogens with zero attached hydrogens (tertiary/aromatic N) is 3. The van der Waals surface area contributed by atoms with Gasteiger partial charge in [0.05, 0.1) is 17.9 Å². The Kier molecular flexibility index (Phi) is 6.42. The molecule has 1 amide bonds. The number of hydrogen-bond acceptors (Lipinski definition) is 7. The molecule has 4 heterocycles. The van der Waals surface area contributed by atoms with Crippen molar-refractivity contribution in [2.45, 2.75) is 69.7 Å². The standard InChI is InChI=1S/C28H35FN4O4/c1-2-35-24-21(6-5-12-31-24)22-7-8-23(25(32-22)37-19-9-13-30-16-19)36-20-14-27(15-20)17-33(18-27)26(34)28(29)10-3-4-11-28/h5-8,12,19-20,30H,2-4,9-11,13-18H2,1H3/t19-/m1/s1. The molecule has 2 aliphatic carbocycles. The topological polar surface area (TPSA) is 85.8 Å². The van der Waals surface area contributed by atoms with Crippen molar-refractivity contribution in [1.29, 1.82) is 0 Å². The molecule has 2 aliphatic heterocycles. The van der Waals surface area contributed by atoms with Crippen LogP contribution in [0, 0.1) is 5.41 Å². The van der Waals surface area contributed by atoms with E-state index in [0.717, 1.165) is 56.5 Å². The van der Waals surface area contributed by atoms with Gasteiger partial charge in [0.25, 0.3) is 11.8 Å². The number of hydrogen-bond donors (Lipinski definition) is 1. The largest absolute Gasteiger partial charge is 0.485 e. The number of alkyl halides is 1. The van der Waals surface area contributed by atoms with Gasteiger partial charge in [-0.15, -0.1) is 0 Å². The fourth-order valence-corrected chi connectivity index (χ4v) is 6.24. The number of rotatable bonds is 8. The second-order valence-electron chi connectivity index (χ2n) is 11.0. The fraction of sp³-hybridized carbons (Fsp3) is 0.607. The third-order valence-electron chi connectivity index (χ3n) is 8.18. The zero-order valence-electron chi connectivity index (χ0n) is 21.4. The summed E-state index contributed by atoms with van der Waals surface area (Å²) in [6, 6.07) is 7.63. The maximum Gasteiger partial charge on any atom is 0.260 e. The second kappa shape index (κ2) is 9.74. The van der Waals surface area contributed by atoms with Crippen molar-refractivity contribution in [3.63, 3.8) is 0 Å². The van der Waals surface area contributed by atoms with Crippen molar-refractivity contribution in [2.75, 3.05) is 32.8 Å². The first-order valence-corrected chi connectivity index (χ1v) is 13.6. The lowest BCUT2D eigenvalue weighted by atomic mass is 9.61. The average molecular weight is 511 g/mol. The van der Waals surface area contributed by atoms with Gasteiger partial charge in [0.1, 0.15) is 12.2 Å². The molecule has 2 saturated carbocycles. The Balaban J connectivity index is 1.13. The Bertz CT molecular complexity index is 1130. The molecule has 198 valence electrons. The molecule has 9 heteroatoms. The van der Waals surface area contributed by atoms with Gasteiger partial charge in [-0.2, -0.15) is 0 Å². The van der Waals surface area contributed by atoms with Gasteiger partial charge in [-0.05, 0) is 82.7 Å². The van der Waals surface area contributed by atoms with Crippen LogP contribution in [-0.2, 0) is 4.79 Å². The number of carbonyl (C=O) groups is 1. The molecule has 2 saturated heterocycles. The highest BCUT2D eigenvalue weighted by molar-refractivity contribution is 5.86. The highest BCUT2D eigenvalue weighted by Crippen LogP contribution is 2.51. The van der Waals surface area contributed by atoms with E-state index < -0.39 is 5.67 Å². The molecule has 1 atom stereocenters. The van der Waals surface area contributed by atoms with Crippen LogP contribution in [-0.4, -0.2) is 71.4 Å². The third-order valence-corrected chi connectivity index (χ3v) is 8.18. The quantitative estimate of drug-likeness (QED) is 0.576. The van der Waals surface area contributed by atoms with Crippen LogP contribution >= 0.6 is 0 Å². The van der Waals surface area contributed by atoms with E-state index in [4.69, 9.17) is 19.2 Å². The van der Waals surface area contributed by atoms with Gasteiger partial charge in [-0.3, -0.25) is 4.79 Å². The van der Waals surface area contributed by atoms with Gasteiger partial charge in [0, 0.05) is 31.2 Å². The first-order valence-electron chi connectivity index (χ1n) is 13.6. The maximum absolute atomic E-state index is 14.9. The number of nitrogens with one attached hydrogen (secondary N) is 1. The number of carbonyl (C=O) groups excluding carboxylic acids is 1. The van der Waals surface area contributed by atoms with Crippen LogP contribution in [0.5, 0.6) is 17.5 Å². The lowest BCUT2D eigenvalue weighted by molar-refractivity contribution is -0.171. The van der Waals surface area contributed by atoms with E-state index in [1.165, 1.54) is 0 Å². The van der Waals surface area contributed by atoms with Crippen molar-refractivity contribution in [2.24, 2.45) is 5.41 Å². The molecule has 1 N–H and O–H groups in total. The average Bonchev–Trinajstić information content (AvgIpc) is 3.53. The highest BCUT2D eigenvalue weighted by atomic mass is 19.1. The van der Waals surface area contributed by atoms with Gasteiger partial charge >= 0.3 is 0 Å². The summed E-state index contributed by atoms with van der Waals surface area (Å²) in [4.78, 5) is 23.5. The van der Waals surface area contributed by atoms with Gasteiger partial charge in [0.15, 0.2) is 11.4 Å². The monoisotopic (exact) mass is 510 g/mol. The number of pyridine rings is 2. The molecule has 0 unspecified atom stereocenters. The first kappa shape index (κ1) is 24.4. The van der Waals surface area contributed by atoms with E-state index in [-0.39, 0.29) is 23.5 Å². The van der Waals surface area contributed by atoms with Crippen LogP contribution < -0.4 is 19.5 Å². The molecular weight excluding hydrogens is 475 g/mol. The Morgan fingerprint density at radius 3 is 2.68 bits per heavy atom. The number of aromatic nitrogens is 2. The zero-order valence-corrected chi connectivity index (χ0v) is 21.4. The Labute approximate surface area is 216 Å². The molecule has 37 heavy (non-hydrogen) atoms. The number of likely N-dealkylation sites (tertiary alicyclic amines) is 1. The normalized spacial score (nSPS) is 23.9. The SMILES string of the molecule is CCOc1ncccc1-c1ccc(OC2CC3(C2)CN(C(=O)C2(F)CCCC2)C3)c(O[C@@H]2CCNC2)n1. The van der Waals surface area contributed by atoms with Crippen LogP contribution in [0.3, 0.4) is 0 Å². The lowest BCUT2D eigenvalue weighted by Crippen LogP contribution is -2.68. The lowest BCUT2D eigenvalue weighted by Gasteiger charge is -2.59. The van der Waals surface area contributed by atoms with Crippen LogP contribution in [0.15, 0.2) is 30.5 Å². The maximum atomic E-state index is 14.9. The predicted molar refractivity (Wildman–Crippen MR) is 136 cm³/mol. The van der Waals surface area contributed by atoms with Crippen molar-refractivity contribution in [3.05, 3.63) is 30.5 Å². The summed E-state index contributed by atoms with van der Waals surface area (Å²) in [6.45, 7) is 5.39. The van der Waals surface area contributed by atoms with E-state index >= 15 is 0 Å². The molecular formula is C28H35FN4O4. The Morgan fingerprint density at radius 2 is 1.95 bits per heavy atom. The molecule has 8 nitrogen and oxygen atoms in total. The van der Waals surface area contributed by atoms with Gasteiger partial charge < -0.3 is 24.4 Å². The highest BCUT2D eigenvalue weighted by Gasteiger charge is 2.58. The second-order valence-corrected chi connectivity index (χ2v) is 11.0. The summed E-state index contributed by atoms with van der Waals surface area (Å²) in [7, 11) is 0. The minimum atomic E-state index is -1.63. The van der Waals surface area contributed by atoms with Crippen molar-refractivity contribution >= 4 is 5.91 Å². The molecule has 2 aromatic rings. The summed E-state index contributed by atoms with van der Waals surface area (Å²) < 4.78 is 33.3. The van der Waals surface area contributed by atoms with E-state index in [1.54, 1.807) is 11.1 Å². The van der Waals surface area contributed by atoms with Gasteiger partial charge in [-0.25, -0.2) is 14.4 Å². The Morgan fingerprint density at radius 1 is 1.14 bits per heavy atom. The van der Waals surface area contributed by atoms with E-state index in [2.05, 4.69) is 10.3 Å². The third kappa shape index (κ3) is 4.74. The van der Waals surface area contributed by atoms with Crippen LogP contribution in [0.25, 0.3) is 11.3 Å². The van der Waals surface area contributed by atoms with Crippen molar-refractivity contribution in [1.82, 2.24) is 20.2 Å². The minimum absolute atomic E-state index is 0.0251. The molecule has 2 aromatic heterocycles. The molecule has 1 spiro atoms. The molecule has 0 radical (unpaired) electrons. The summed E-state index contributed by atoms with van der Waals surface area (Å²) in [5.74, 6) is 1.34. The Hall–Kier alpha value is -2.94. The smallest absolute Gasteiger partial charge is 0.260 e.